The average molecular weight is 486 g/mol. The predicted molar refractivity (Wildman–Crippen MR) is 134 cm³/mol. The molecule has 1 aliphatic heterocycles. The van der Waals surface area contributed by atoms with Gasteiger partial charge in [0, 0.05) is 42.8 Å². The van der Waals surface area contributed by atoms with Gasteiger partial charge in [0.1, 0.15) is 0 Å². The van der Waals surface area contributed by atoms with E-state index in [2.05, 4.69) is 52.8 Å². The normalized spacial score (nSPS) is 25.8. The third kappa shape index (κ3) is 6.77. The summed E-state index contributed by atoms with van der Waals surface area (Å²) in [4.78, 5) is 14.3. The number of hydrogen-bond acceptors (Lipinski definition) is 6. The van der Waals surface area contributed by atoms with Gasteiger partial charge in [-0.05, 0) is 41.8 Å². The first-order valence-corrected chi connectivity index (χ1v) is 13.1. The zero-order valence-corrected chi connectivity index (χ0v) is 20.4. The van der Waals surface area contributed by atoms with E-state index in [1.54, 1.807) is 11.3 Å². The molecular formula is C27H35NO5S. The van der Waals surface area contributed by atoms with Crippen LogP contribution in [0.4, 0.5) is 0 Å². The van der Waals surface area contributed by atoms with E-state index in [0.717, 1.165) is 31.5 Å². The number of rotatable bonds is 11. The van der Waals surface area contributed by atoms with Crippen LogP contribution in [0.15, 0.2) is 53.9 Å². The third-order valence-corrected chi connectivity index (χ3v) is 7.79. The molecule has 2 aromatic rings. The summed E-state index contributed by atoms with van der Waals surface area (Å²) in [5.74, 6) is -0.562. The Hall–Kier alpha value is -2.03. The first-order valence-electron chi connectivity index (χ1n) is 12.2. The topological polar surface area (TPSA) is 79.2 Å². The Balaban J connectivity index is 1.39. The van der Waals surface area contributed by atoms with Crippen LogP contribution in [-0.4, -0.2) is 65.6 Å². The Morgan fingerprint density at radius 1 is 1.21 bits per heavy atom. The highest BCUT2D eigenvalue weighted by Crippen LogP contribution is 2.37. The molecule has 0 radical (unpaired) electrons. The minimum absolute atomic E-state index is 0.0217. The average Bonchev–Trinajstić information content (AvgIpc) is 3.45. The van der Waals surface area contributed by atoms with Crippen LogP contribution in [-0.2, 0) is 20.9 Å². The number of unbranched alkanes of at least 4 members (excludes halogenated alkanes) is 1. The molecule has 0 bridgehead atoms. The zero-order chi connectivity index (χ0) is 23.8. The number of carboxylic acid groups (broad SMARTS) is 1. The Bertz CT molecular complexity index is 924. The monoisotopic (exact) mass is 485 g/mol. The standard InChI is InChI=1S/C27H35NO5S/c29-23-17-24(33-18-20-16-25(34-19-20)21-8-4-3-5-9-21)22(10-6-1-2-7-11-26(30)31)27(23)28-12-14-32-15-13-28/h1,3-6,8-9,16,19,22-24,27,29H,2,7,10-15,17-18H2,(H,30,31). The Kier molecular flexibility index (Phi) is 9.30. The van der Waals surface area contributed by atoms with Gasteiger partial charge in [0.2, 0.25) is 0 Å². The lowest BCUT2D eigenvalue weighted by Crippen LogP contribution is -2.50. The molecule has 1 aliphatic carbocycles. The van der Waals surface area contributed by atoms with Gasteiger partial charge in [-0.1, -0.05) is 42.5 Å². The van der Waals surface area contributed by atoms with Gasteiger partial charge in [-0.25, -0.2) is 0 Å². The van der Waals surface area contributed by atoms with Crippen LogP contribution in [0.1, 0.15) is 37.7 Å². The highest BCUT2D eigenvalue weighted by molar-refractivity contribution is 7.13. The SMILES string of the molecule is O=C(O)CCCC=CCC1C(OCc2csc(-c3ccccc3)c2)CC(O)C1N1CCOCC1. The minimum atomic E-state index is -0.753. The summed E-state index contributed by atoms with van der Waals surface area (Å²) in [6.07, 6.45) is 6.83. The van der Waals surface area contributed by atoms with Crippen LogP contribution in [0.3, 0.4) is 0 Å². The smallest absolute Gasteiger partial charge is 0.303 e. The summed E-state index contributed by atoms with van der Waals surface area (Å²) in [6, 6.07) is 12.6. The maximum atomic E-state index is 11.0. The highest BCUT2D eigenvalue weighted by atomic mass is 32.1. The van der Waals surface area contributed by atoms with Crippen LogP contribution in [0.2, 0.25) is 0 Å². The van der Waals surface area contributed by atoms with Crippen LogP contribution in [0.25, 0.3) is 10.4 Å². The number of benzene rings is 1. The van der Waals surface area contributed by atoms with E-state index in [9.17, 15) is 9.90 Å². The Morgan fingerprint density at radius 2 is 2.00 bits per heavy atom. The Labute approximate surface area is 205 Å². The van der Waals surface area contributed by atoms with Crippen molar-refractivity contribution in [2.45, 2.75) is 57.0 Å². The predicted octanol–water partition coefficient (Wildman–Crippen LogP) is 4.58. The molecule has 0 amide bonds. The molecule has 1 aromatic heterocycles. The lowest BCUT2D eigenvalue weighted by Gasteiger charge is -2.37. The summed E-state index contributed by atoms with van der Waals surface area (Å²) >= 11 is 1.73. The van der Waals surface area contributed by atoms with Crippen LogP contribution >= 0.6 is 11.3 Å². The number of aliphatic hydroxyl groups is 1. The van der Waals surface area contributed by atoms with Crippen molar-refractivity contribution in [1.29, 1.82) is 0 Å². The molecule has 2 heterocycles. The summed E-state index contributed by atoms with van der Waals surface area (Å²) < 4.78 is 12.0. The van der Waals surface area contributed by atoms with E-state index in [-0.39, 0.29) is 24.5 Å². The summed E-state index contributed by atoms with van der Waals surface area (Å²) in [5.41, 5.74) is 2.38. The van der Waals surface area contributed by atoms with Crippen molar-refractivity contribution < 1.29 is 24.5 Å². The van der Waals surface area contributed by atoms with E-state index in [1.165, 1.54) is 10.4 Å². The minimum Gasteiger partial charge on any atom is -0.481 e. The van der Waals surface area contributed by atoms with Gasteiger partial charge in [-0.15, -0.1) is 11.3 Å². The number of aliphatic hydroxyl groups excluding tert-OH is 1. The number of hydrogen-bond donors (Lipinski definition) is 2. The molecule has 2 fully saturated rings. The molecule has 1 saturated heterocycles. The van der Waals surface area contributed by atoms with E-state index < -0.39 is 12.1 Å². The van der Waals surface area contributed by atoms with Crippen molar-refractivity contribution in [3.8, 4) is 10.4 Å². The Morgan fingerprint density at radius 3 is 2.76 bits per heavy atom. The molecule has 0 spiro atoms. The number of ether oxygens (including phenoxy) is 2. The van der Waals surface area contributed by atoms with Gasteiger partial charge < -0.3 is 19.7 Å². The second-order valence-corrected chi connectivity index (χ2v) is 10.0. The molecular weight excluding hydrogens is 450 g/mol. The third-order valence-electron chi connectivity index (χ3n) is 6.76. The van der Waals surface area contributed by atoms with E-state index in [4.69, 9.17) is 14.6 Å². The zero-order valence-electron chi connectivity index (χ0n) is 19.6. The van der Waals surface area contributed by atoms with E-state index in [0.29, 0.717) is 32.7 Å². The van der Waals surface area contributed by atoms with Crippen molar-refractivity contribution in [2.24, 2.45) is 5.92 Å². The molecule has 1 aromatic carbocycles. The summed E-state index contributed by atoms with van der Waals surface area (Å²) in [7, 11) is 0. The van der Waals surface area contributed by atoms with Crippen LogP contribution < -0.4 is 0 Å². The molecule has 34 heavy (non-hydrogen) atoms. The van der Waals surface area contributed by atoms with Gasteiger partial charge in [-0.3, -0.25) is 9.69 Å². The van der Waals surface area contributed by atoms with E-state index in [1.807, 2.05) is 6.07 Å². The van der Waals surface area contributed by atoms with Crippen LogP contribution in [0.5, 0.6) is 0 Å². The van der Waals surface area contributed by atoms with Gasteiger partial charge >= 0.3 is 5.97 Å². The van der Waals surface area contributed by atoms with Gasteiger partial charge in [0.05, 0.1) is 32.0 Å². The fourth-order valence-electron chi connectivity index (χ4n) is 5.08. The van der Waals surface area contributed by atoms with E-state index >= 15 is 0 Å². The van der Waals surface area contributed by atoms with Gasteiger partial charge in [0.15, 0.2) is 0 Å². The molecule has 2 N–H and O–H groups in total. The van der Waals surface area contributed by atoms with Crippen molar-refractivity contribution in [3.63, 3.8) is 0 Å². The van der Waals surface area contributed by atoms with Crippen molar-refractivity contribution in [3.05, 3.63) is 59.5 Å². The summed E-state index contributed by atoms with van der Waals surface area (Å²) in [6.45, 7) is 3.60. The molecule has 4 rings (SSSR count). The lowest BCUT2D eigenvalue weighted by atomic mass is 9.94. The highest BCUT2D eigenvalue weighted by Gasteiger charge is 2.45. The van der Waals surface area contributed by atoms with Crippen molar-refractivity contribution >= 4 is 17.3 Å². The fourth-order valence-corrected chi connectivity index (χ4v) is 5.99. The van der Waals surface area contributed by atoms with Gasteiger partial charge in [0.25, 0.3) is 0 Å². The molecule has 184 valence electrons. The maximum absolute atomic E-state index is 11.0. The summed E-state index contributed by atoms with van der Waals surface area (Å²) in [5, 5.41) is 22.0. The number of carboxylic acids is 1. The quantitative estimate of drug-likeness (QED) is 0.358. The molecule has 2 aliphatic rings. The largest absolute Gasteiger partial charge is 0.481 e. The van der Waals surface area contributed by atoms with Crippen molar-refractivity contribution in [2.75, 3.05) is 26.3 Å². The first kappa shape index (κ1) is 25.1. The number of nitrogens with zero attached hydrogens (tertiary/aromatic N) is 1. The molecule has 4 unspecified atom stereocenters. The van der Waals surface area contributed by atoms with Crippen molar-refractivity contribution in [1.82, 2.24) is 4.90 Å². The van der Waals surface area contributed by atoms with Crippen LogP contribution in [0, 0.1) is 5.92 Å². The van der Waals surface area contributed by atoms with Gasteiger partial charge in [-0.2, -0.15) is 0 Å². The molecule has 7 heteroatoms. The number of thiophene rings is 1. The lowest BCUT2D eigenvalue weighted by molar-refractivity contribution is -0.137. The number of morpholine rings is 1. The molecule has 4 atom stereocenters. The number of aliphatic carboxylic acids is 1. The second-order valence-electron chi connectivity index (χ2n) is 9.13. The molecule has 6 nitrogen and oxygen atoms in total. The fraction of sp³-hybridized carbons (Fsp3) is 0.519. The first-order chi connectivity index (χ1) is 16.6. The second kappa shape index (κ2) is 12.6. The maximum Gasteiger partial charge on any atom is 0.303 e. The number of allylic oxidation sites excluding steroid dienone is 2. The number of carbonyl (C=O) groups is 1. The molecule has 1 saturated carbocycles.